The van der Waals surface area contributed by atoms with Gasteiger partial charge in [0.1, 0.15) is 12.1 Å². The van der Waals surface area contributed by atoms with Crippen molar-refractivity contribution in [3.05, 3.63) is 35.8 Å². The number of aromatic hydroxyl groups is 1. The normalized spacial score (nSPS) is 13.5. The molecule has 0 saturated carbocycles. The number of rotatable bonds is 2. The quantitative estimate of drug-likeness (QED) is 0.549. The molecule has 3 aromatic rings. The zero-order valence-electron chi connectivity index (χ0n) is 13.7. The number of methoxy groups -OCH3 is 1. The third-order valence-electron chi connectivity index (χ3n) is 4.48. The molecule has 2 N–H and O–H groups in total. The summed E-state index contributed by atoms with van der Waals surface area (Å²) in [5.41, 5.74) is 4.17. The van der Waals surface area contributed by atoms with E-state index in [4.69, 9.17) is 4.74 Å². The van der Waals surface area contributed by atoms with Crippen LogP contribution in [0, 0.1) is 0 Å². The number of aryl methyl sites for hydroxylation is 1. The monoisotopic (exact) mass is 339 g/mol. The Labute approximate surface area is 143 Å². The maximum absolute atomic E-state index is 11.3. The highest BCUT2D eigenvalue weighted by atomic mass is 16.7. The number of nitrogens with one attached hydrogen (secondary N) is 1. The van der Waals surface area contributed by atoms with E-state index in [0.717, 1.165) is 53.5 Å². The number of H-pyrrole nitrogens is 1. The Morgan fingerprint density at radius 1 is 1.24 bits per heavy atom. The summed E-state index contributed by atoms with van der Waals surface area (Å²) >= 11 is 0. The molecule has 2 heterocycles. The van der Waals surface area contributed by atoms with Crippen LogP contribution in [-0.4, -0.2) is 33.3 Å². The predicted octanol–water partition coefficient (Wildman–Crippen LogP) is 3.35. The van der Waals surface area contributed by atoms with Crippen LogP contribution in [0.15, 0.2) is 24.5 Å². The molecule has 7 nitrogen and oxygen atoms in total. The number of nitrogens with zero attached hydrogens (tertiary/aromatic N) is 2. The molecule has 25 heavy (non-hydrogen) atoms. The molecular weight excluding hydrogens is 322 g/mol. The van der Waals surface area contributed by atoms with Crippen molar-refractivity contribution in [2.75, 3.05) is 7.11 Å². The van der Waals surface area contributed by atoms with Crippen molar-refractivity contribution < 1.29 is 19.4 Å². The lowest BCUT2D eigenvalue weighted by molar-refractivity contribution is 0.121. The Morgan fingerprint density at radius 2 is 2.08 bits per heavy atom. The molecule has 1 aliphatic carbocycles. The van der Waals surface area contributed by atoms with E-state index >= 15 is 0 Å². The summed E-state index contributed by atoms with van der Waals surface area (Å²) in [5, 5.41) is 11.2. The van der Waals surface area contributed by atoms with Crippen LogP contribution in [0.3, 0.4) is 0 Å². The highest BCUT2D eigenvalue weighted by molar-refractivity contribution is 5.99. The fourth-order valence-corrected chi connectivity index (χ4v) is 3.33. The largest absolute Gasteiger partial charge is 0.513 e. The fraction of sp³-hybridized carbons (Fsp3) is 0.278. The number of fused-ring (bicyclic) bond motifs is 2. The summed E-state index contributed by atoms with van der Waals surface area (Å²) in [4.78, 5) is 23.1. The standard InChI is InChI=1S/C18H17N3O4/c1-24-18(23)25-10-6-7-14-12(8-10)15(17(22)21-14)16-11-4-2-3-5-13(11)19-9-20-16/h6-9,21-22H,2-5H2,1H3. The molecule has 2 aromatic heterocycles. The average Bonchev–Trinajstić information content (AvgIpc) is 2.96. The number of carbonyl (C=O) groups excluding carboxylic acids is 1. The first-order chi connectivity index (χ1) is 12.2. The smallest absolute Gasteiger partial charge is 0.494 e. The van der Waals surface area contributed by atoms with Crippen LogP contribution in [0.4, 0.5) is 4.79 Å². The summed E-state index contributed by atoms with van der Waals surface area (Å²) in [6, 6.07) is 5.06. The molecule has 0 saturated heterocycles. The van der Waals surface area contributed by atoms with E-state index in [1.54, 1.807) is 18.2 Å². The lowest BCUT2D eigenvalue weighted by Crippen LogP contribution is -2.08. The molecule has 128 valence electrons. The van der Waals surface area contributed by atoms with Gasteiger partial charge in [-0.15, -0.1) is 0 Å². The minimum atomic E-state index is -0.792. The Hall–Kier alpha value is -3.09. The van der Waals surface area contributed by atoms with Crippen molar-refractivity contribution in [1.29, 1.82) is 0 Å². The molecule has 1 aliphatic rings. The zero-order valence-corrected chi connectivity index (χ0v) is 13.7. The van der Waals surface area contributed by atoms with Gasteiger partial charge in [-0.2, -0.15) is 0 Å². The Kier molecular flexibility index (Phi) is 3.76. The third-order valence-corrected chi connectivity index (χ3v) is 4.48. The van der Waals surface area contributed by atoms with Gasteiger partial charge < -0.3 is 19.6 Å². The van der Waals surface area contributed by atoms with Crippen molar-refractivity contribution in [3.63, 3.8) is 0 Å². The molecular formula is C18H17N3O4. The number of ether oxygens (including phenoxy) is 2. The summed E-state index contributed by atoms with van der Waals surface area (Å²) in [7, 11) is 1.25. The molecule has 7 heteroatoms. The number of aromatic nitrogens is 3. The van der Waals surface area contributed by atoms with Crippen LogP contribution in [-0.2, 0) is 17.6 Å². The maximum Gasteiger partial charge on any atom is 0.513 e. The van der Waals surface area contributed by atoms with Gasteiger partial charge in [0.25, 0.3) is 0 Å². The first-order valence-corrected chi connectivity index (χ1v) is 8.11. The average molecular weight is 339 g/mol. The molecule has 0 unspecified atom stereocenters. The van der Waals surface area contributed by atoms with E-state index in [1.807, 2.05) is 0 Å². The van der Waals surface area contributed by atoms with Crippen LogP contribution in [0.1, 0.15) is 24.1 Å². The van der Waals surface area contributed by atoms with E-state index in [2.05, 4.69) is 19.7 Å². The van der Waals surface area contributed by atoms with Crippen molar-refractivity contribution >= 4 is 17.1 Å². The lowest BCUT2D eigenvalue weighted by atomic mass is 9.92. The number of benzene rings is 1. The van der Waals surface area contributed by atoms with Gasteiger partial charge in [-0.1, -0.05) is 0 Å². The molecule has 0 spiro atoms. The fourth-order valence-electron chi connectivity index (χ4n) is 3.33. The van der Waals surface area contributed by atoms with Crippen LogP contribution in [0.2, 0.25) is 0 Å². The molecule has 0 amide bonds. The van der Waals surface area contributed by atoms with Gasteiger partial charge in [0.2, 0.25) is 0 Å². The molecule has 0 aliphatic heterocycles. The summed E-state index contributed by atoms with van der Waals surface area (Å²) < 4.78 is 9.62. The van der Waals surface area contributed by atoms with E-state index in [1.165, 1.54) is 13.4 Å². The van der Waals surface area contributed by atoms with Gasteiger partial charge in [0.15, 0.2) is 5.88 Å². The van der Waals surface area contributed by atoms with Gasteiger partial charge >= 0.3 is 6.16 Å². The Bertz CT molecular complexity index is 964. The van der Waals surface area contributed by atoms with Crippen molar-refractivity contribution in [2.45, 2.75) is 25.7 Å². The molecule has 0 bridgehead atoms. The lowest BCUT2D eigenvalue weighted by Gasteiger charge is -2.17. The predicted molar refractivity (Wildman–Crippen MR) is 90.7 cm³/mol. The van der Waals surface area contributed by atoms with Crippen LogP contribution < -0.4 is 4.74 Å². The molecule has 0 fully saturated rings. The highest BCUT2D eigenvalue weighted by Crippen LogP contribution is 2.40. The van der Waals surface area contributed by atoms with Gasteiger partial charge in [0.05, 0.1) is 18.4 Å². The molecule has 0 atom stereocenters. The van der Waals surface area contributed by atoms with Crippen molar-refractivity contribution in [2.24, 2.45) is 0 Å². The molecule has 4 rings (SSSR count). The zero-order chi connectivity index (χ0) is 17.4. The SMILES string of the molecule is COC(=O)Oc1ccc2[nH]c(O)c(-c3ncnc4c3CCCC4)c2c1. The second kappa shape index (κ2) is 6.08. The Balaban J connectivity index is 1.88. The number of aromatic amines is 1. The van der Waals surface area contributed by atoms with Gasteiger partial charge in [-0.25, -0.2) is 14.8 Å². The summed E-state index contributed by atoms with van der Waals surface area (Å²) in [5.74, 6) is 0.374. The van der Waals surface area contributed by atoms with Crippen LogP contribution in [0.5, 0.6) is 11.6 Å². The van der Waals surface area contributed by atoms with E-state index < -0.39 is 6.16 Å². The Morgan fingerprint density at radius 3 is 2.92 bits per heavy atom. The minimum absolute atomic E-state index is 0.0386. The first kappa shape index (κ1) is 15.4. The van der Waals surface area contributed by atoms with Gasteiger partial charge in [0, 0.05) is 22.2 Å². The number of hydrogen-bond acceptors (Lipinski definition) is 6. The van der Waals surface area contributed by atoms with Crippen molar-refractivity contribution in [3.8, 4) is 22.9 Å². The maximum atomic E-state index is 11.3. The van der Waals surface area contributed by atoms with E-state index in [9.17, 15) is 9.90 Å². The second-order valence-corrected chi connectivity index (χ2v) is 5.97. The molecule has 1 aromatic carbocycles. The second-order valence-electron chi connectivity index (χ2n) is 5.97. The van der Waals surface area contributed by atoms with Crippen LogP contribution in [0.25, 0.3) is 22.2 Å². The van der Waals surface area contributed by atoms with E-state index in [0.29, 0.717) is 11.3 Å². The van der Waals surface area contributed by atoms with Gasteiger partial charge in [-0.05, 0) is 43.9 Å². The van der Waals surface area contributed by atoms with Crippen LogP contribution >= 0.6 is 0 Å². The number of hydrogen-bond donors (Lipinski definition) is 2. The molecule has 0 radical (unpaired) electrons. The first-order valence-electron chi connectivity index (χ1n) is 8.11. The minimum Gasteiger partial charge on any atom is -0.494 e. The van der Waals surface area contributed by atoms with Gasteiger partial charge in [-0.3, -0.25) is 0 Å². The topological polar surface area (TPSA) is 97.3 Å². The van der Waals surface area contributed by atoms with Crippen molar-refractivity contribution in [1.82, 2.24) is 15.0 Å². The van der Waals surface area contributed by atoms with E-state index in [-0.39, 0.29) is 5.88 Å². The highest BCUT2D eigenvalue weighted by Gasteiger charge is 2.22. The summed E-state index contributed by atoms with van der Waals surface area (Å²) in [6.07, 6.45) is 4.74. The third kappa shape index (κ3) is 2.67. The summed E-state index contributed by atoms with van der Waals surface area (Å²) in [6.45, 7) is 0. The number of carbonyl (C=O) groups is 1.